The first kappa shape index (κ1) is 15.6. The number of rotatable bonds is 4. The molecule has 0 spiro atoms. The van der Waals surface area contributed by atoms with Crippen LogP contribution in [0.15, 0.2) is 24.3 Å². The fraction of sp³-hybridized carbons (Fsp3) is 0.417. The molecule has 96 valence electrons. The summed E-state index contributed by atoms with van der Waals surface area (Å²) in [5, 5.41) is 2.68. The molecule has 1 rings (SSSR count). The first-order chi connectivity index (χ1) is 7.61. The van der Waals surface area contributed by atoms with Crippen molar-refractivity contribution in [1.29, 1.82) is 0 Å². The lowest BCUT2D eigenvalue weighted by molar-refractivity contribution is 0.104. The van der Waals surface area contributed by atoms with Gasteiger partial charge in [-0.25, -0.2) is 4.79 Å². The minimum absolute atomic E-state index is 0. The third-order valence-electron chi connectivity index (χ3n) is 2.30. The van der Waals surface area contributed by atoms with Gasteiger partial charge in [0.25, 0.3) is 0 Å². The summed E-state index contributed by atoms with van der Waals surface area (Å²) in [6, 6.07) is 7.35. The largest absolute Gasteiger partial charge is 0.447 e. The van der Waals surface area contributed by atoms with Gasteiger partial charge in [0.05, 0.1) is 0 Å². The number of nitrogens with one attached hydrogen (secondary N) is 1. The van der Waals surface area contributed by atoms with E-state index in [0.29, 0.717) is 12.2 Å². The van der Waals surface area contributed by atoms with E-state index < -0.39 is 0 Å². The molecule has 1 aromatic carbocycles. The van der Waals surface area contributed by atoms with Gasteiger partial charge in [-0.3, -0.25) is 0 Å². The van der Waals surface area contributed by atoms with Gasteiger partial charge in [0.15, 0.2) is 0 Å². The summed E-state index contributed by atoms with van der Waals surface area (Å²) in [4.78, 5) is 11.3. The minimum Gasteiger partial charge on any atom is -0.447 e. The van der Waals surface area contributed by atoms with Crippen molar-refractivity contribution in [2.75, 3.05) is 5.73 Å². The molecule has 0 saturated carbocycles. The number of amides is 1. The second-order valence-corrected chi connectivity index (χ2v) is 3.72. The van der Waals surface area contributed by atoms with Crippen LogP contribution in [0, 0.1) is 0 Å². The Morgan fingerprint density at radius 3 is 2.53 bits per heavy atom. The van der Waals surface area contributed by atoms with Gasteiger partial charge in [0.1, 0.15) is 6.10 Å². The molecule has 3 N–H and O–H groups in total. The molecule has 0 aliphatic carbocycles. The van der Waals surface area contributed by atoms with Crippen LogP contribution in [0.2, 0.25) is 0 Å². The third kappa shape index (κ3) is 6.02. The number of nitrogens with two attached hydrogens (primary N) is 1. The molecule has 0 aliphatic heterocycles. The number of hydrogen-bond donors (Lipinski definition) is 2. The fourth-order valence-corrected chi connectivity index (χ4v) is 1.12. The minimum atomic E-state index is -0.383. The van der Waals surface area contributed by atoms with E-state index >= 15 is 0 Å². The monoisotopic (exact) mass is 258 g/mol. The van der Waals surface area contributed by atoms with Crippen LogP contribution in [-0.4, -0.2) is 12.2 Å². The Labute approximate surface area is 108 Å². The molecule has 4 nitrogen and oxygen atoms in total. The average molecular weight is 259 g/mol. The van der Waals surface area contributed by atoms with E-state index in [4.69, 9.17) is 10.5 Å². The van der Waals surface area contributed by atoms with E-state index in [-0.39, 0.29) is 24.6 Å². The first-order valence-corrected chi connectivity index (χ1v) is 5.40. The summed E-state index contributed by atoms with van der Waals surface area (Å²) in [6.45, 7) is 4.29. The predicted octanol–water partition coefficient (Wildman–Crippen LogP) is 2.72. The van der Waals surface area contributed by atoms with E-state index in [9.17, 15) is 4.79 Å². The molecule has 0 radical (unpaired) electrons. The quantitative estimate of drug-likeness (QED) is 0.816. The third-order valence-corrected chi connectivity index (χ3v) is 2.30. The normalized spacial score (nSPS) is 11.2. The molecule has 1 unspecified atom stereocenters. The summed E-state index contributed by atoms with van der Waals surface area (Å²) in [7, 11) is 0. The first-order valence-electron chi connectivity index (χ1n) is 5.40. The van der Waals surface area contributed by atoms with Gasteiger partial charge in [-0.1, -0.05) is 19.1 Å². The van der Waals surface area contributed by atoms with E-state index in [0.717, 1.165) is 12.0 Å². The van der Waals surface area contributed by atoms with Crippen LogP contribution in [-0.2, 0) is 11.3 Å². The number of alkyl carbamates (subject to hydrolysis) is 1. The zero-order chi connectivity index (χ0) is 12.0. The second kappa shape index (κ2) is 7.79. The fourth-order valence-electron chi connectivity index (χ4n) is 1.12. The Morgan fingerprint density at radius 2 is 2.00 bits per heavy atom. The number of benzene rings is 1. The molecule has 0 fully saturated rings. The van der Waals surface area contributed by atoms with Crippen LogP contribution in [0.3, 0.4) is 0 Å². The van der Waals surface area contributed by atoms with Gasteiger partial charge in [-0.15, -0.1) is 12.4 Å². The number of anilines is 1. The molecule has 0 aliphatic rings. The number of carbonyl (C=O) groups is 1. The summed E-state index contributed by atoms with van der Waals surface area (Å²) in [5.41, 5.74) is 7.26. The zero-order valence-corrected chi connectivity index (χ0v) is 10.9. The van der Waals surface area contributed by atoms with Crippen LogP contribution in [0.5, 0.6) is 0 Å². The van der Waals surface area contributed by atoms with Crippen molar-refractivity contribution in [3.8, 4) is 0 Å². The summed E-state index contributed by atoms with van der Waals surface area (Å²) < 4.78 is 5.07. The van der Waals surface area contributed by atoms with Crippen LogP contribution in [0.4, 0.5) is 10.5 Å². The predicted molar refractivity (Wildman–Crippen MR) is 71.2 cm³/mol. The number of nitrogen functional groups attached to an aromatic ring is 1. The smallest absolute Gasteiger partial charge is 0.407 e. The summed E-state index contributed by atoms with van der Waals surface area (Å²) in [6.07, 6.45) is 0.382. The van der Waals surface area contributed by atoms with Crippen molar-refractivity contribution in [2.45, 2.75) is 32.9 Å². The molecule has 0 bridgehead atoms. The van der Waals surface area contributed by atoms with E-state index in [1.807, 2.05) is 26.0 Å². The van der Waals surface area contributed by atoms with Crippen molar-refractivity contribution in [3.63, 3.8) is 0 Å². The standard InChI is InChI=1S/C12H18N2O2.ClH/c1-3-9(2)16-12(15)14-8-10-4-6-11(13)7-5-10;/h4-7,9H,3,8,13H2,1-2H3,(H,14,15);1H. The lowest BCUT2D eigenvalue weighted by Crippen LogP contribution is -2.27. The van der Waals surface area contributed by atoms with Gasteiger partial charge in [-0.2, -0.15) is 0 Å². The van der Waals surface area contributed by atoms with Gasteiger partial charge in [-0.05, 0) is 31.0 Å². The lowest BCUT2D eigenvalue weighted by atomic mass is 10.2. The summed E-state index contributed by atoms with van der Waals surface area (Å²) in [5.74, 6) is 0. The van der Waals surface area contributed by atoms with Crippen molar-refractivity contribution in [3.05, 3.63) is 29.8 Å². The highest BCUT2D eigenvalue weighted by molar-refractivity contribution is 5.85. The molecule has 1 aromatic rings. The van der Waals surface area contributed by atoms with Gasteiger partial charge in [0.2, 0.25) is 0 Å². The molecule has 0 saturated heterocycles. The van der Waals surface area contributed by atoms with Crippen LogP contribution >= 0.6 is 12.4 Å². The topological polar surface area (TPSA) is 64.3 Å². The van der Waals surface area contributed by atoms with Crippen molar-refractivity contribution >= 4 is 24.2 Å². The molecular weight excluding hydrogens is 240 g/mol. The molecule has 5 heteroatoms. The maximum absolute atomic E-state index is 11.3. The van der Waals surface area contributed by atoms with Crippen LogP contribution < -0.4 is 11.1 Å². The van der Waals surface area contributed by atoms with Gasteiger partial charge < -0.3 is 15.8 Å². The Kier molecular flexibility index (Phi) is 7.14. The highest BCUT2D eigenvalue weighted by Gasteiger charge is 2.06. The summed E-state index contributed by atoms with van der Waals surface area (Å²) >= 11 is 0. The average Bonchev–Trinajstić information content (AvgIpc) is 2.28. The number of hydrogen-bond acceptors (Lipinski definition) is 3. The Balaban J connectivity index is 0.00000256. The Bertz CT molecular complexity index is 341. The molecular formula is C12H19ClN2O2. The van der Waals surface area contributed by atoms with Crippen molar-refractivity contribution < 1.29 is 9.53 Å². The highest BCUT2D eigenvalue weighted by Crippen LogP contribution is 2.05. The van der Waals surface area contributed by atoms with Crippen LogP contribution in [0.1, 0.15) is 25.8 Å². The Morgan fingerprint density at radius 1 is 1.41 bits per heavy atom. The van der Waals surface area contributed by atoms with Gasteiger partial charge >= 0.3 is 6.09 Å². The Hall–Kier alpha value is -1.42. The second-order valence-electron chi connectivity index (χ2n) is 3.72. The van der Waals surface area contributed by atoms with E-state index in [1.165, 1.54) is 0 Å². The van der Waals surface area contributed by atoms with Gasteiger partial charge in [0, 0.05) is 12.2 Å². The molecule has 1 atom stereocenters. The maximum atomic E-state index is 11.3. The number of ether oxygens (including phenoxy) is 1. The number of halogens is 1. The molecule has 1 amide bonds. The number of carbonyl (C=O) groups excluding carboxylic acids is 1. The molecule has 0 heterocycles. The highest BCUT2D eigenvalue weighted by atomic mass is 35.5. The molecule has 17 heavy (non-hydrogen) atoms. The van der Waals surface area contributed by atoms with E-state index in [2.05, 4.69) is 5.32 Å². The van der Waals surface area contributed by atoms with Crippen LogP contribution in [0.25, 0.3) is 0 Å². The van der Waals surface area contributed by atoms with Crippen molar-refractivity contribution in [1.82, 2.24) is 5.32 Å². The van der Waals surface area contributed by atoms with E-state index in [1.54, 1.807) is 12.1 Å². The lowest BCUT2D eigenvalue weighted by Gasteiger charge is -2.11. The molecule has 0 aromatic heterocycles. The SMILES string of the molecule is CCC(C)OC(=O)NCc1ccc(N)cc1.Cl. The zero-order valence-electron chi connectivity index (χ0n) is 10.1. The maximum Gasteiger partial charge on any atom is 0.407 e. The van der Waals surface area contributed by atoms with Crippen molar-refractivity contribution in [2.24, 2.45) is 0 Å².